The van der Waals surface area contributed by atoms with Crippen molar-refractivity contribution in [1.29, 1.82) is 5.26 Å². The van der Waals surface area contributed by atoms with Crippen molar-refractivity contribution < 1.29 is 31.1 Å². The van der Waals surface area contributed by atoms with E-state index in [0.717, 1.165) is 6.07 Å². The number of alkyl halides is 6. The highest BCUT2D eigenvalue weighted by atomic mass is 19.4. The van der Waals surface area contributed by atoms with Gasteiger partial charge in [0.2, 0.25) is 0 Å². The molecule has 1 unspecified atom stereocenters. The van der Waals surface area contributed by atoms with Crippen molar-refractivity contribution in [3.63, 3.8) is 0 Å². The third-order valence-corrected chi connectivity index (χ3v) is 2.18. The molecule has 0 fully saturated rings. The Bertz CT molecular complexity index is 499. The van der Waals surface area contributed by atoms with Crippen molar-refractivity contribution >= 4 is 0 Å². The van der Waals surface area contributed by atoms with Gasteiger partial charge >= 0.3 is 12.4 Å². The van der Waals surface area contributed by atoms with Crippen LogP contribution < -0.4 is 4.74 Å². The highest BCUT2D eigenvalue weighted by Gasteiger charge is 2.41. The van der Waals surface area contributed by atoms with Gasteiger partial charge in [0.05, 0.1) is 17.2 Å². The predicted molar refractivity (Wildman–Crippen MR) is 52.3 cm³/mol. The SMILES string of the molecule is CC(Oc1ccc(C#N)cc1C(F)(F)F)C(F)(F)F. The molecule has 0 aliphatic heterocycles. The zero-order valence-corrected chi connectivity index (χ0v) is 9.43. The Balaban J connectivity index is 3.18. The number of benzene rings is 1. The lowest BCUT2D eigenvalue weighted by molar-refractivity contribution is -0.191. The van der Waals surface area contributed by atoms with E-state index in [-0.39, 0.29) is 5.56 Å². The van der Waals surface area contributed by atoms with Crippen LogP contribution in [0.25, 0.3) is 0 Å². The van der Waals surface area contributed by atoms with E-state index in [1.807, 2.05) is 0 Å². The molecule has 0 bridgehead atoms. The number of rotatable bonds is 2. The summed E-state index contributed by atoms with van der Waals surface area (Å²) in [6.45, 7) is 0.596. The smallest absolute Gasteiger partial charge is 0.425 e. The molecule has 0 aliphatic carbocycles. The minimum Gasteiger partial charge on any atom is -0.481 e. The van der Waals surface area contributed by atoms with E-state index in [1.54, 1.807) is 0 Å². The Morgan fingerprint density at radius 2 is 1.74 bits per heavy atom. The summed E-state index contributed by atoms with van der Waals surface area (Å²) in [7, 11) is 0. The molecule has 2 nitrogen and oxygen atoms in total. The lowest BCUT2D eigenvalue weighted by Gasteiger charge is -2.20. The van der Waals surface area contributed by atoms with Gasteiger partial charge in [0.1, 0.15) is 5.75 Å². The topological polar surface area (TPSA) is 33.0 Å². The molecular weight excluding hydrogens is 276 g/mol. The molecule has 0 heterocycles. The Labute approximate surface area is 104 Å². The number of hydrogen-bond acceptors (Lipinski definition) is 2. The van der Waals surface area contributed by atoms with E-state index in [4.69, 9.17) is 5.26 Å². The summed E-state index contributed by atoms with van der Waals surface area (Å²) in [6.07, 6.45) is -12.1. The summed E-state index contributed by atoms with van der Waals surface area (Å²) in [4.78, 5) is 0. The zero-order chi connectivity index (χ0) is 14.8. The molecule has 1 atom stereocenters. The predicted octanol–water partition coefficient (Wildman–Crippen LogP) is 3.91. The molecule has 19 heavy (non-hydrogen) atoms. The van der Waals surface area contributed by atoms with Crippen LogP contribution in [0.1, 0.15) is 18.1 Å². The molecule has 0 saturated heterocycles. The molecule has 0 aliphatic rings. The molecule has 1 rings (SSSR count). The molecule has 1 aromatic carbocycles. The zero-order valence-electron chi connectivity index (χ0n) is 9.43. The first kappa shape index (κ1) is 15.1. The maximum Gasteiger partial charge on any atom is 0.425 e. The van der Waals surface area contributed by atoms with Gasteiger partial charge in [0.25, 0.3) is 0 Å². The van der Waals surface area contributed by atoms with E-state index >= 15 is 0 Å². The molecule has 0 radical (unpaired) electrons. The quantitative estimate of drug-likeness (QED) is 0.771. The minimum atomic E-state index is -4.91. The second-order valence-electron chi connectivity index (χ2n) is 3.62. The van der Waals surface area contributed by atoms with Gasteiger partial charge in [-0.1, -0.05) is 0 Å². The fourth-order valence-electron chi connectivity index (χ4n) is 1.18. The molecule has 8 heteroatoms. The summed E-state index contributed by atoms with van der Waals surface area (Å²) in [6, 6.07) is 3.57. The van der Waals surface area contributed by atoms with Crippen molar-refractivity contribution in [2.24, 2.45) is 0 Å². The Hall–Kier alpha value is -1.91. The standard InChI is InChI=1S/C11H7F6NO/c1-6(10(12,13)14)19-9-3-2-7(5-18)4-8(9)11(15,16)17/h2-4,6H,1H3. The first-order chi connectivity index (χ1) is 8.55. The number of nitrogens with zero attached hydrogens (tertiary/aromatic N) is 1. The van der Waals surface area contributed by atoms with Gasteiger partial charge in [-0.05, 0) is 25.1 Å². The van der Waals surface area contributed by atoms with Gasteiger partial charge in [-0.15, -0.1) is 0 Å². The third-order valence-electron chi connectivity index (χ3n) is 2.18. The number of ether oxygens (including phenoxy) is 1. The maximum atomic E-state index is 12.6. The fraction of sp³-hybridized carbons (Fsp3) is 0.364. The van der Waals surface area contributed by atoms with E-state index in [9.17, 15) is 26.3 Å². The number of halogens is 6. The maximum absolute atomic E-state index is 12.6. The van der Waals surface area contributed by atoms with Crippen LogP contribution in [-0.2, 0) is 6.18 Å². The molecular formula is C11H7F6NO. The largest absolute Gasteiger partial charge is 0.481 e. The van der Waals surface area contributed by atoms with Crippen molar-refractivity contribution in [3.8, 4) is 11.8 Å². The van der Waals surface area contributed by atoms with E-state index in [2.05, 4.69) is 4.74 Å². The average Bonchev–Trinajstić information content (AvgIpc) is 2.26. The van der Waals surface area contributed by atoms with E-state index < -0.39 is 29.8 Å². The van der Waals surface area contributed by atoms with Gasteiger partial charge in [-0.2, -0.15) is 31.6 Å². The van der Waals surface area contributed by atoms with Crippen molar-refractivity contribution in [1.82, 2.24) is 0 Å². The van der Waals surface area contributed by atoms with Crippen LogP contribution in [0.5, 0.6) is 5.75 Å². The summed E-state index contributed by atoms with van der Waals surface area (Å²) >= 11 is 0. The van der Waals surface area contributed by atoms with E-state index in [0.29, 0.717) is 19.1 Å². The highest BCUT2D eigenvalue weighted by Crippen LogP contribution is 2.38. The minimum absolute atomic E-state index is 0.320. The molecule has 0 aromatic heterocycles. The number of nitriles is 1. The fourth-order valence-corrected chi connectivity index (χ4v) is 1.18. The van der Waals surface area contributed by atoms with Gasteiger partial charge in [0.15, 0.2) is 6.10 Å². The summed E-state index contributed by atoms with van der Waals surface area (Å²) in [5, 5.41) is 8.49. The van der Waals surface area contributed by atoms with Crippen LogP contribution in [0.15, 0.2) is 18.2 Å². The van der Waals surface area contributed by atoms with Crippen LogP contribution in [0.4, 0.5) is 26.3 Å². The summed E-state index contributed by atoms with van der Waals surface area (Å²) in [5.41, 5.74) is -1.73. The first-order valence-corrected chi connectivity index (χ1v) is 4.90. The Morgan fingerprint density at radius 1 is 1.16 bits per heavy atom. The monoisotopic (exact) mass is 283 g/mol. The lowest BCUT2D eigenvalue weighted by atomic mass is 10.1. The van der Waals surface area contributed by atoms with Crippen LogP contribution in [-0.4, -0.2) is 12.3 Å². The normalized spacial score (nSPS) is 13.8. The second kappa shape index (κ2) is 4.99. The van der Waals surface area contributed by atoms with Gasteiger partial charge in [0, 0.05) is 0 Å². The molecule has 0 saturated carbocycles. The molecule has 0 N–H and O–H groups in total. The summed E-state index contributed by atoms with van der Waals surface area (Å²) < 4.78 is 79.0. The summed E-state index contributed by atoms with van der Waals surface area (Å²) in [5.74, 6) is -0.962. The van der Waals surface area contributed by atoms with Gasteiger partial charge in [-0.25, -0.2) is 0 Å². The molecule has 0 amide bonds. The Kier molecular flexibility index (Phi) is 3.98. The Morgan fingerprint density at radius 3 is 2.16 bits per heavy atom. The highest BCUT2D eigenvalue weighted by molar-refractivity contribution is 5.43. The van der Waals surface area contributed by atoms with Crippen molar-refractivity contribution in [2.45, 2.75) is 25.4 Å². The van der Waals surface area contributed by atoms with Crippen molar-refractivity contribution in [3.05, 3.63) is 29.3 Å². The van der Waals surface area contributed by atoms with E-state index in [1.165, 1.54) is 6.07 Å². The molecule has 0 spiro atoms. The van der Waals surface area contributed by atoms with Gasteiger partial charge < -0.3 is 4.74 Å². The first-order valence-electron chi connectivity index (χ1n) is 4.90. The van der Waals surface area contributed by atoms with Crippen LogP contribution >= 0.6 is 0 Å². The van der Waals surface area contributed by atoms with Gasteiger partial charge in [-0.3, -0.25) is 0 Å². The average molecular weight is 283 g/mol. The second-order valence-corrected chi connectivity index (χ2v) is 3.62. The third kappa shape index (κ3) is 3.77. The number of hydrogen-bond donors (Lipinski definition) is 0. The lowest BCUT2D eigenvalue weighted by Crippen LogP contribution is -2.31. The molecule has 104 valence electrons. The van der Waals surface area contributed by atoms with Crippen LogP contribution in [0, 0.1) is 11.3 Å². The van der Waals surface area contributed by atoms with Crippen molar-refractivity contribution in [2.75, 3.05) is 0 Å². The molecule has 1 aromatic rings. The van der Waals surface area contributed by atoms with Crippen LogP contribution in [0.3, 0.4) is 0 Å². The van der Waals surface area contributed by atoms with Crippen LogP contribution in [0.2, 0.25) is 0 Å².